The number of para-hydroxylation sites is 1. The van der Waals surface area contributed by atoms with Gasteiger partial charge in [-0.2, -0.15) is 5.10 Å². The lowest BCUT2D eigenvalue weighted by Gasteiger charge is -2.18. The van der Waals surface area contributed by atoms with E-state index in [-0.39, 0.29) is 11.3 Å². The number of hydrogen-bond acceptors (Lipinski definition) is 4. The van der Waals surface area contributed by atoms with Crippen molar-refractivity contribution in [3.8, 4) is 39.7 Å². The number of benzene rings is 2. The van der Waals surface area contributed by atoms with Gasteiger partial charge in [0.15, 0.2) is 0 Å². The maximum absolute atomic E-state index is 11.3. The topological polar surface area (TPSA) is 76.2 Å². The molecule has 6 heteroatoms. The maximum atomic E-state index is 11.3. The van der Waals surface area contributed by atoms with Crippen molar-refractivity contribution < 1.29 is 14.3 Å². The standard InChI is InChI=1S/C26H25N3O3/c1-26(2,3)24-21-22(27-28-24)25(30)29(23(21)19-7-5-6-8-20(19)31-4)18-11-9-16(10-12-18)17-13-14-32-15-17/h5-15,27,30H,1-4H3. The Morgan fingerprint density at radius 1 is 1.00 bits per heavy atom. The first-order chi connectivity index (χ1) is 15.4. The fourth-order valence-corrected chi connectivity index (χ4v) is 4.19. The Hall–Kier alpha value is -3.93. The van der Waals surface area contributed by atoms with Crippen LogP contribution < -0.4 is 4.74 Å². The summed E-state index contributed by atoms with van der Waals surface area (Å²) >= 11 is 0. The molecule has 5 aromatic rings. The number of fused-ring (bicyclic) bond motifs is 1. The van der Waals surface area contributed by atoms with Gasteiger partial charge >= 0.3 is 0 Å². The third-order valence-electron chi connectivity index (χ3n) is 5.71. The quantitative estimate of drug-likeness (QED) is 0.353. The van der Waals surface area contributed by atoms with Gasteiger partial charge < -0.3 is 14.3 Å². The number of nitrogens with one attached hydrogen (secondary N) is 1. The first kappa shape index (κ1) is 20.0. The molecular formula is C26H25N3O3. The van der Waals surface area contributed by atoms with Gasteiger partial charge in [0.05, 0.1) is 36.4 Å². The van der Waals surface area contributed by atoms with E-state index in [0.717, 1.165) is 44.9 Å². The van der Waals surface area contributed by atoms with Gasteiger partial charge in [-0.3, -0.25) is 9.67 Å². The van der Waals surface area contributed by atoms with Gasteiger partial charge in [-0.1, -0.05) is 45.0 Å². The number of furan rings is 1. The average Bonchev–Trinajstić information content (AvgIpc) is 3.51. The smallest absolute Gasteiger partial charge is 0.222 e. The van der Waals surface area contributed by atoms with Crippen molar-refractivity contribution in [1.82, 2.24) is 14.8 Å². The lowest BCUT2D eigenvalue weighted by molar-refractivity contribution is 0.416. The minimum Gasteiger partial charge on any atom is -0.496 e. The van der Waals surface area contributed by atoms with Crippen LogP contribution in [0.1, 0.15) is 26.5 Å². The van der Waals surface area contributed by atoms with Crippen molar-refractivity contribution in [3.05, 3.63) is 72.8 Å². The zero-order valence-electron chi connectivity index (χ0n) is 18.5. The Bertz CT molecular complexity index is 1390. The predicted octanol–water partition coefficient (Wildman–Crippen LogP) is 6.29. The predicted molar refractivity (Wildman–Crippen MR) is 125 cm³/mol. The highest BCUT2D eigenvalue weighted by Crippen LogP contribution is 2.46. The van der Waals surface area contributed by atoms with Crippen molar-refractivity contribution in [2.24, 2.45) is 0 Å². The zero-order chi connectivity index (χ0) is 22.5. The molecule has 0 atom stereocenters. The summed E-state index contributed by atoms with van der Waals surface area (Å²) in [6, 6.07) is 17.8. The molecule has 6 nitrogen and oxygen atoms in total. The average molecular weight is 428 g/mol. The Balaban J connectivity index is 1.81. The van der Waals surface area contributed by atoms with Gasteiger partial charge in [0.2, 0.25) is 5.88 Å². The van der Waals surface area contributed by atoms with E-state index in [1.165, 1.54) is 0 Å². The Morgan fingerprint density at radius 2 is 1.75 bits per heavy atom. The normalized spacial score (nSPS) is 11.9. The molecule has 0 saturated heterocycles. The molecular weight excluding hydrogens is 402 g/mol. The first-order valence-electron chi connectivity index (χ1n) is 10.5. The highest BCUT2D eigenvalue weighted by Gasteiger charge is 2.30. The highest BCUT2D eigenvalue weighted by molar-refractivity contribution is 6.02. The van der Waals surface area contributed by atoms with E-state index < -0.39 is 0 Å². The van der Waals surface area contributed by atoms with Gasteiger partial charge in [-0.25, -0.2) is 0 Å². The number of hydrogen-bond donors (Lipinski definition) is 2. The van der Waals surface area contributed by atoms with E-state index >= 15 is 0 Å². The highest BCUT2D eigenvalue weighted by atomic mass is 16.5. The van der Waals surface area contributed by atoms with Crippen LogP contribution in [0.15, 0.2) is 71.5 Å². The minimum absolute atomic E-state index is 0.111. The number of H-pyrrole nitrogens is 1. The number of rotatable bonds is 4. The molecule has 0 bridgehead atoms. The van der Waals surface area contributed by atoms with Gasteiger partial charge in [-0.05, 0) is 35.9 Å². The van der Waals surface area contributed by atoms with E-state index in [2.05, 4.69) is 31.0 Å². The molecule has 3 aromatic heterocycles. The molecule has 0 spiro atoms. The van der Waals surface area contributed by atoms with E-state index in [0.29, 0.717) is 5.52 Å². The molecule has 0 amide bonds. The lowest BCUT2D eigenvalue weighted by Crippen LogP contribution is -2.12. The van der Waals surface area contributed by atoms with Crippen LogP contribution in [-0.4, -0.2) is 27.0 Å². The molecule has 0 radical (unpaired) electrons. The summed E-state index contributed by atoms with van der Waals surface area (Å²) in [6.45, 7) is 6.34. The van der Waals surface area contributed by atoms with E-state index in [1.54, 1.807) is 19.6 Å². The van der Waals surface area contributed by atoms with Crippen molar-refractivity contribution >= 4 is 10.9 Å². The van der Waals surface area contributed by atoms with E-state index in [1.807, 2.05) is 59.2 Å². The van der Waals surface area contributed by atoms with Crippen LogP contribution in [0, 0.1) is 0 Å². The van der Waals surface area contributed by atoms with Crippen molar-refractivity contribution in [1.29, 1.82) is 0 Å². The fourth-order valence-electron chi connectivity index (χ4n) is 4.19. The van der Waals surface area contributed by atoms with E-state index in [9.17, 15) is 5.11 Å². The SMILES string of the molecule is COc1ccccc1-c1c2c(C(C)(C)C)n[nH]c2c(O)n1-c1ccc(-c2ccoc2)cc1. The molecule has 2 aromatic carbocycles. The third-order valence-corrected chi connectivity index (χ3v) is 5.71. The molecule has 0 aliphatic carbocycles. The Labute approximate surface area is 186 Å². The summed E-state index contributed by atoms with van der Waals surface area (Å²) in [5.74, 6) is 0.837. The fraction of sp³-hybridized carbons (Fsp3) is 0.192. The molecule has 0 unspecified atom stereocenters. The van der Waals surface area contributed by atoms with Crippen LogP contribution >= 0.6 is 0 Å². The number of ether oxygens (including phenoxy) is 1. The van der Waals surface area contributed by atoms with Crippen molar-refractivity contribution in [2.45, 2.75) is 26.2 Å². The van der Waals surface area contributed by atoms with Crippen molar-refractivity contribution in [3.63, 3.8) is 0 Å². The molecule has 32 heavy (non-hydrogen) atoms. The minimum atomic E-state index is -0.223. The van der Waals surface area contributed by atoms with Crippen LogP contribution in [0.25, 0.3) is 39.0 Å². The molecule has 0 aliphatic heterocycles. The number of nitrogens with zero attached hydrogens (tertiary/aromatic N) is 2. The summed E-state index contributed by atoms with van der Waals surface area (Å²) in [5.41, 5.74) is 5.86. The van der Waals surface area contributed by atoms with Crippen LogP contribution in [0.3, 0.4) is 0 Å². The number of methoxy groups -OCH3 is 1. The number of aromatic nitrogens is 3. The monoisotopic (exact) mass is 427 g/mol. The van der Waals surface area contributed by atoms with Crippen LogP contribution in [0.2, 0.25) is 0 Å². The first-order valence-corrected chi connectivity index (χ1v) is 10.5. The largest absolute Gasteiger partial charge is 0.496 e. The maximum Gasteiger partial charge on any atom is 0.222 e. The van der Waals surface area contributed by atoms with Crippen LogP contribution in [0.5, 0.6) is 11.6 Å². The molecule has 0 saturated carbocycles. The molecule has 0 aliphatic rings. The van der Waals surface area contributed by atoms with Gasteiger partial charge in [-0.15, -0.1) is 0 Å². The number of aromatic amines is 1. The van der Waals surface area contributed by atoms with Crippen molar-refractivity contribution in [2.75, 3.05) is 7.11 Å². The summed E-state index contributed by atoms with van der Waals surface area (Å²) in [4.78, 5) is 0. The second kappa shape index (κ2) is 7.34. The molecule has 5 rings (SSSR count). The summed E-state index contributed by atoms with van der Waals surface area (Å²) in [6.07, 6.45) is 3.37. The van der Waals surface area contributed by atoms with Crippen LogP contribution in [-0.2, 0) is 5.41 Å². The molecule has 162 valence electrons. The lowest BCUT2D eigenvalue weighted by atomic mass is 9.89. The summed E-state index contributed by atoms with van der Waals surface area (Å²) in [7, 11) is 1.66. The summed E-state index contributed by atoms with van der Waals surface area (Å²) in [5, 5.41) is 19.8. The van der Waals surface area contributed by atoms with Gasteiger partial charge in [0.1, 0.15) is 11.3 Å². The Kier molecular flexibility index (Phi) is 4.59. The van der Waals surface area contributed by atoms with Gasteiger partial charge in [0, 0.05) is 22.2 Å². The van der Waals surface area contributed by atoms with Gasteiger partial charge in [0.25, 0.3) is 0 Å². The second-order valence-corrected chi connectivity index (χ2v) is 8.84. The third kappa shape index (κ3) is 3.07. The van der Waals surface area contributed by atoms with Crippen LogP contribution in [0.4, 0.5) is 0 Å². The molecule has 3 heterocycles. The molecule has 2 N–H and O–H groups in total. The van der Waals surface area contributed by atoms with E-state index in [4.69, 9.17) is 9.15 Å². The molecule has 0 fully saturated rings. The zero-order valence-corrected chi connectivity index (χ0v) is 18.5. The number of aromatic hydroxyl groups is 1. The second-order valence-electron chi connectivity index (χ2n) is 8.84. The Morgan fingerprint density at radius 3 is 2.41 bits per heavy atom. The summed E-state index contributed by atoms with van der Waals surface area (Å²) < 4.78 is 12.7.